The number of aliphatic hydroxyl groups excluding tert-OH is 1. The Morgan fingerprint density at radius 2 is 1.55 bits per heavy atom. The van der Waals surface area contributed by atoms with E-state index in [1.54, 1.807) is 30.3 Å². The fourth-order valence-electron chi connectivity index (χ4n) is 4.78. The molecular formula is C31H31NO6. The summed E-state index contributed by atoms with van der Waals surface area (Å²) >= 11 is 0. The van der Waals surface area contributed by atoms with Gasteiger partial charge < -0.3 is 19.3 Å². The molecule has 5 rings (SSSR count). The first-order chi connectivity index (χ1) is 18.2. The zero-order valence-corrected chi connectivity index (χ0v) is 21.9. The second-order valence-electron chi connectivity index (χ2n) is 10.0. The van der Waals surface area contributed by atoms with Gasteiger partial charge in [0, 0.05) is 11.3 Å². The lowest BCUT2D eigenvalue weighted by Crippen LogP contribution is -2.29. The van der Waals surface area contributed by atoms with Crippen LogP contribution in [0, 0.1) is 0 Å². The highest BCUT2D eigenvalue weighted by atomic mass is 16.6. The molecule has 1 unspecified atom stereocenters. The minimum absolute atomic E-state index is 0.00108. The molecule has 3 aromatic carbocycles. The molecule has 0 radical (unpaired) electrons. The Labute approximate surface area is 222 Å². The fraction of sp³-hybridized carbons (Fsp3) is 0.290. The monoisotopic (exact) mass is 513 g/mol. The van der Waals surface area contributed by atoms with Crippen molar-refractivity contribution in [1.29, 1.82) is 0 Å². The highest BCUT2D eigenvalue weighted by Gasteiger charge is 2.47. The smallest absolute Gasteiger partial charge is 0.300 e. The summed E-state index contributed by atoms with van der Waals surface area (Å²) in [5.41, 5.74) is 2.75. The lowest BCUT2D eigenvalue weighted by molar-refractivity contribution is -0.132. The van der Waals surface area contributed by atoms with E-state index in [-0.39, 0.29) is 17.4 Å². The summed E-state index contributed by atoms with van der Waals surface area (Å²) in [6.45, 7) is 8.90. The maximum atomic E-state index is 13.5. The summed E-state index contributed by atoms with van der Waals surface area (Å²) in [6, 6.07) is 19.0. The fourth-order valence-corrected chi connectivity index (χ4v) is 4.78. The molecule has 196 valence electrons. The number of benzene rings is 3. The second-order valence-corrected chi connectivity index (χ2v) is 10.0. The Balaban J connectivity index is 1.64. The van der Waals surface area contributed by atoms with Crippen LogP contribution in [0.25, 0.3) is 5.76 Å². The van der Waals surface area contributed by atoms with Gasteiger partial charge in [-0.05, 0) is 73.4 Å². The number of hydrogen-bond acceptors (Lipinski definition) is 6. The molecule has 1 fully saturated rings. The Morgan fingerprint density at radius 3 is 2.18 bits per heavy atom. The lowest BCUT2D eigenvalue weighted by Gasteiger charge is -2.26. The van der Waals surface area contributed by atoms with Crippen molar-refractivity contribution >= 4 is 23.1 Å². The zero-order chi connectivity index (χ0) is 27.0. The average Bonchev–Trinajstić information content (AvgIpc) is 3.18. The van der Waals surface area contributed by atoms with Crippen molar-refractivity contribution in [3.05, 3.63) is 89.0 Å². The van der Waals surface area contributed by atoms with Gasteiger partial charge in [0.1, 0.15) is 24.7 Å². The molecule has 38 heavy (non-hydrogen) atoms. The molecule has 1 atom stereocenters. The third-order valence-electron chi connectivity index (χ3n) is 6.67. The van der Waals surface area contributed by atoms with Gasteiger partial charge in [-0.3, -0.25) is 14.5 Å². The van der Waals surface area contributed by atoms with Crippen molar-refractivity contribution in [2.45, 2.75) is 45.8 Å². The van der Waals surface area contributed by atoms with Gasteiger partial charge in [0.25, 0.3) is 11.7 Å². The Bertz CT molecular complexity index is 1390. The number of carbonyl (C=O) groups is 2. The third kappa shape index (κ3) is 4.72. The van der Waals surface area contributed by atoms with Crippen LogP contribution in [0.1, 0.15) is 56.3 Å². The summed E-state index contributed by atoms with van der Waals surface area (Å²) in [7, 11) is 0. The quantitative estimate of drug-likeness (QED) is 0.247. The highest BCUT2D eigenvalue weighted by molar-refractivity contribution is 6.51. The van der Waals surface area contributed by atoms with Crippen molar-refractivity contribution in [3.8, 4) is 17.2 Å². The number of ether oxygens (including phenoxy) is 3. The zero-order valence-electron chi connectivity index (χ0n) is 21.9. The Kier molecular flexibility index (Phi) is 6.85. The Morgan fingerprint density at radius 1 is 0.895 bits per heavy atom. The van der Waals surface area contributed by atoms with E-state index in [9.17, 15) is 14.7 Å². The van der Waals surface area contributed by atoms with Crippen LogP contribution >= 0.6 is 0 Å². The first kappa shape index (κ1) is 25.4. The standard InChI is InChI=1S/C31H31NO6/c1-18(2)20-5-10-23(11-6-20)32-28(21-7-12-24(13-8-21)38-19(3)4)27(30(34)31(32)35)29(33)22-9-14-25-26(17-22)37-16-15-36-25/h5-14,17-19,28,33H,15-16H2,1-4H3/b29-27-. The van der Waals surface area contributed by atoms with E-state index in [1.807, 2.05) is 50.2 Å². The lowest BCUT2D eigenvalue weighted by atomic mass is 9.94. The molecule has 1 amide bonds. The SMILES string of the molecule is CC(C)Oc1ccc(C2/C(=C(/O)c3ccc4c(c3)OCCO4)C(=O)C(=O)N2c2ccc(C(C)C)cc2)cc1. The number of amides is 1. The van der Waals surface area contributed by atoms with E-state index in [0.717, 1.165) is 5.56 Å². The average molecular weight is 514 g/mol. The maximum absolute atomic E-state index is 13.5. The van der Waals surface area contributed by atoms with Crippen molar-refractivity contribution < 1.29 is 28.9 Å². The molecule has 3 aromatic rings. The topological polar surface area (TPSA) is 85.3 Å². The summed E-state index contributed by atoms with van der Waals surface area (Å²) in [4.78, 5) is 28.4. The molecule has 1 N–H and O–H groups in total. The number of fused-ring (bicyclic) bond motifs is 1. The molecule has 1 saturated heterocycles. The van der Waals surface area contributed by atoms with Gasteiger partial charge in [0.2, 0.25) is 0 Å². The van der Waals surface area contributed by atoms with Crippen molar-refractivity contribution in [3.63, 3.8) is 0 Å². The first-order valence-corrected chi connectivity index (χ1v) is 12.8. The van der Waals surface area contributed by atoms with Crippen LogP contribution in [0.2, 0.25) is 0 Å². The molecule has 2 aliphatic heterocycles. The summed E-state index contributed by atoms with van der Waals surface area (Å²) < 4.78 is 17.0. The van der Waals surface area contributed by atoms with Crippen LogP contribution in [0.5, 0.6) is 17.2 Å². The molecule has 0 aromatic heterocycles. The van der Waals surface area contributed by atoms with E-state index >= 15 is 0 Å². The van der Waals surface area contributed by atoms with Gasteiger partial charge in [-0.2, -0.15) is 0 Å². The highest BCUT2D eigenvalue weighted by Crippen LogP contribution is 2.43. The van der Waals surface area contributed by atoms with E-state index in [2.05, 4.69) is 13.8 Å². The summed E-state index contributed by atoms with van der Waals surface area (Å²) in [5.74, 6) is 0.315. The van der Waals surface area contributed by atoms with Gasteiger partial charge in [0.05, 0.1) is 17.7 Å². The molecule has 7 heteroatoms. The minimum atomic E-state index is -0.832. The second kappa shape index (κ2) is 10.2. The number of hydrogen-bond donors (Lipinski definition) is 1. The third-order valence-corrected chi connectivity index (χ3v) is 6.67. The normalized spacial score (nSPS) is 18.4. The molecule has 0 saturated carbocycles. The number of rotatable bonds is 6. The molecule has 2 heterocycles. The van der Waals surface area contributed by atoms with Crippen LogP contribution < -0.4 is 19.1 Å². The molecule has 0 bridgehead atoms. The van der Waals surface area contributed by atoms with E-state index in [1.165, 1.54) is 4.90 Å². The number of Topliss-reactive ketones (excluding diaryl/α,β-unsaturated/α-hetero) is 1. The van der Waals surface area contributed by atoms with Gasteiger partial charge in [-0.25, -0.2) is 0 Å². The molecule has 0 aliphatic carbocycles. The van der Waals surface area contributed by atoms with Gasteiger partial charge in [-0.1, -0.05) is 38.1 Å². The van der Waals surface area contributed by atoms with E-state index in [0.29, 0.717) is 53.2 Å². The van der Waals surface area contributed by atoms with Crippen molar-refractivity contribution in [2.24, 2.45) is 0 Å². The molecule has 2 aliphatic rings. The van der Waals surface area contributed by atoms with Crippen LogP contribution in [0.15, 0.2) is 72.3 Å². The summed E-state index contributed by atoms with van der Waals surface area (Å²) in [5, 5.41) is 11.5. The van der Waals surface area contributed by atoms with Gasteiger partial charge in [-0.15, -0.1) is 0 Å². The Hall–Kier alpha value is -4.26. The molecule has 0 spiro atoms. The maximum Gasteiger partial charge on any atom is 0.300 e. The molecular weight excluding hydrogens is 482 g/mol. The number of anilines is 1. The largest absolute Gasteiger partial charge is 0.507 e. The molecule has 7 nitrogen and oxygen atoms in total. The number of nitrogens with zero attached hydrogens (tertiary/aromatic N) is 1. The first-order valence-electron chi connectivity index (χ1n) is 12.8. The van der Waals surface area contributed by atoms with Crippen molar-refractivity contribution in [2.75, 3.05) is 18.1 Å². The van der Waals surface area contributed by atoms with Crippen LogP contribution in [0.3, 0.4) is 0 Å². The predicted molar refractivity (Wildman–Crippen MR) is 145 cm³/mol. The predicted octanol–water partition coefficient (Wildman–Crippen LogP) is 5.99. The minimum Gasteiger partial charge on any atom is -0.507 e. The number of ketones is 1. The van der Waals surface area contributed by atoms with Crippen LogP contribution in [-0.2, 0) is 9.59 Å². The van der Waals surface area contributed by atoms with Crippen LogP contribution in [0.4, 0.5) is 5.69 Å². The van der Waals surface area contributed by atoms with Gasteiger partial charge >= 0.3 is 0 Å². The van der Waals surface area contributed by atoms with E-state index in [4.69, 9.17) is 14.2 Å². The van der Waals surface area contributed by atoms with Crippen molar-refractivity contribution in [1.82, 2.24) is 0 Å². The van der Waals surface area contributed by atoms with Gasteiger partial charge in [0.15, 0.2) is 11.5 Å². The van der Waals surface area contributed by atoms with E-state index < -0.39 is 17.7 Å². The number of carbonyl (C=O) groups excluding carboxylic acids is 2. The number of aliphatic hydroxyl groups is 1. The van der Waals surface area contributed by atoms with Crippen LogP contribution in [-0.4, -0.2) is 36.1 Å². The summed E-state index contributed by atoms with van der Waals surface area (Å²) in [6.07, 6.45) is 0.00108.